The van der Waals surface area contributed by atoms with Crippen molar-refractivity contribution in [2.45, 2.75) is 19.4 Å². The number of furan rings is 1. The SMILES string of the molecule is CC(Cc1cccs1)NC(=O)c1ccoc1Br. The van der Waals surface area contributed by atoms with Crippen molar-refractivity contribution in [3.8, 4) is 0 Å². The molecule has 2 aromatic heterocycles. The maximum Gasteiger partial charge on any atom is 0.255 e. The molecule has 0 aliphatic heterocycles. The lowest BCUT2D eigenvalue weighted by Crippen LogP contribution is -2.33. The van der Waals surface area contributed by atoms with Gasteiger partial charge in [-0.3, -0.25) is 4.79 Å². The van der Waals surface area contributed by atoms with Crippen LogP contribution in [0.15, 0.2) is 38.9 Å². The lowest BCUT2D eigenvalue weighted by Gasteiger charge is -2.12. The van der Waals surface area contributed by atoms with Crippen molar-refractivity contribution >= 4 is 33.2 Å². The van der Waals surface area contributed by atoms with Crippen molar-refractivity contribution in [3.05, 3.63) is 45.0 Å². The third-order valence-electron chi connectivity index (χ3n) is 2.33. The smallest absolute Gasteiger partial charge is 0.255 e. The summed E-state index contributed by atoms with van der Waals surface area (Å²) in [5.74, 6) is -0.116. The van der Waals surface area contributed by atoms with Gasteiger partial charge in [0.15, 0.2) is 4.67 Å². The second-order valence-corrected chi connectivity index (χ2v) is 5.52. The molecule has 1 N–H and O–H groups in total. The first-order chi connectivity index (χ1) is 8.16. The van der Waals surface area contributed by atoms with Gasteiger partial charge in [0.1, 0.15) is 0 Å². The minimum Gasteiger partial charge on any atom is -0.457 e. The zero-order valence-corrected chi connectivity index (χ0v) is 11.7. The van der Waals surface area contributed by atoms with E-state index in [1.165, 1.54) is 11.1 Å². The molecule has 1 atom stereocenters. The number of carbonyl (C=O) groups is 1. The Morgan fingerprint density at radius 2 is 2.41 bits per heavy atom. The Morgan fingerprint density at radius 1 is 1.59 bits per heavy atom. The highest BCUT2D eigenvalue weighted by molar-refractivity contribution is 9.10. The summed E-state index contributed by atoms with van der Waals surface area (Å²) >= 11 is 4.89. The van der Waals surface area contributed by atoms with Crippen molar-refractivity contribution < 1.29 is 9.21 Å². The van der Waals surface area contributed by atoms with E-state index >= 15 is 0 Å². The molecule has 0 aromatic carbocycles. The van der Waals surface area contributed by atoms with E-state index in [2.05, 4.69) is 27.3 Å². The van der Waals surface area contributed by atoms with Gasteiger partial charge in [-0.25, -0.2) is 0 Å². The van der Waals surface area contributed by atoms with Crippen LogP contribution in [-0.2, 0) is 6.42 Å². The minimum atomic E-state index is -0.116. The third-order valence-corrected chi connectivity index (χ3v) is 3.84. The van der Waals surface area contributed by atoms with Gasteiger partial charge in [0.2, 0.25) is 0 Å². The fourth-order valence-corrected chi connectivity index (χ4v) is 2.79. The lowest BCUT2D eigenvalue weighted by atomic mass is 10.2. The number of amides is 1. The first-order valence-electron chi connectivity index (χ1n) is 5.23. The second-order valence-electron chi connectivity index (χ2n) is 3.77. The number of rotatable bonds is 4. The molecule has 0 aliphatic carbocycles. The van der Waals surface area contributed by atoms with Crippen LogP contribution in [0.1, 0.15) is 22.2 Å². The average Bonchev–Trinajstić information content (AvgIpc) is 2.88. The molecule has 0 saturated heterocycles. The van der Waals surface area contributed by atoms with Gasteiger partial charge in [0.05, 0.1) is 11.8 Å². The fourth-order valence-electron chi connectivity index (χ4n) is 1.54. The van der Waals surface area contributed by atoms with Gasteiger partial charge in [-0.05, 0) is 40.4 Å². The van der Waals surface area contributed by atoms with Crippen LogP contribution >= 0.6 is 27.3 Å². The molecule has 0 saturated carbocycles. The average molecular weight is 314 g/mol. The molecule has 5 heteroatoms. The van der Waals surface area contributed by atoms with E-state index in [1.54, 1.807) is 17.4 Å². The largest absolute Gasteiger partial charge is 0.457 e. The summed E-state index contributed by atoms with van der Waals surface area (Å²) in [6, 6.07) is 5.84. The van der Waals surface area contributed by atoms with E-state index in [4.69, 9.17) is 4.42 Å². The predicted octanol–water partition coefficient (Wildman–Crippen LogP) is 3.46. The highest BCUT2D eigenvalue weighted by Gasteiger charge is 2.15. The molecule has 0 fully saturated rings. The summed E-state index contributed by atoms with van der Waals surface area (Å²) in [4.78, 5) is 13.1. The van der Waals surface area contributed by atoms with Gasteiger partial charge in [0, 0.05) is 17.3 Å². The fraction of sp³-hybridized carbons (Fsp3) is 0.250. The van der Waals surface area contributed by atoms with E-state index in [9.17, 15) is 4.79 Å². The second kappa shape index (κ2) is 5.51. The zero-order chi connectivity index (χ0) is 12.3. The summed E-state index contributed by atoms with van der Waals surface area (Å²) < 4.78 is 5.50. The van der Waals surface area contributed by atoms with Crippen molar-refractivity contribution in [1.29, 1.82) is 0 Å². The molecule has 1 amide bonds. The van der Waals surface area contributed by atoms with Crippen LogP contribution in [0.25, 0.3) is 0 Å². The summed E-state index contributed by atoms with van der Waals surface area (Å²) in [6.45, 7) is 1.99. The Kier molecular flexibility index (Phi) is 4.02. The van der Waals surface area contributed by atoms with E-state index < -0.39 is 0 Å². The highest BCUT2D eigenvalue weighted by Crippen LogP contribution is 2.18. The molecule has 0 aliphatic rings. The van der Waals surface area contributed by atoms with Gasteiger partial charge >= 0.3 is 0 Å². The summed E-state index contributed by atoms with van der Waals surface area (Å²) in [5, 5.41) is 4.98. The maximum absolute atomic E-state index is 11.9. The van der Waals surface area contributed by atoms with Crippen LogP contribution in [0.5, 0.6) is 0 Å². The summed E-state index contributed by atoms with van der Waals surface area (Å²) in [7, 11) is 0. The Labute approximate surface area is 112 Å². The van der Waals surface area contributed by atoms with Crippen LogP contribution in [0, 0.1) is 0 Å². The predicted molar refractivity (Wildman–Crippen MR) is 71.4 cm³/mol. The molecular formula is C12H12BrNO2S. The third kappa shape index (κ3) is 3.20. The van der Waals surface area contributed by atoms with Gasteiger partial charge in [0.25, 0.3) is 5.91 Å². The summed E-state index contributed by atoms with van der Waals surface area (Å²) in [5.41, 5.74) is 0.531. The van der Waals surface area contributed by atoms with Crippen LogP contribution < -0.4 is 5.32 Å². The molecule has 0 spiro atoms. The normalized spacial score (nSPS) is 12.4. The van der Waals surface area contributed by atoms with Gasteiger partial charge in [-0.15, -0.1) is 11.3 Å². The number of hydrogen-bond donors (Lipinski definition) is 1. The molecule has 17 heavy (non-hydrogen) atoms. The van der Waals surface area contributed by atoms with E-state index in [0.717, 1.165) is 6.42 Å². The molecule has 2 heterocycles. The first-order valence-corrected chi connectivity index (χ1v) is 6.90. The number of nitrogens with one attached hydrogen (secondary N) is 1. The van der Waals surface area contributed by atoms with E-state index in [0.29, 0.717) is 10.2 Å². The van der Waals surface area contributed by atoms with Crippen molar-refractivity contribution in [2.75, 3.05) is 0 Å². The Bertz CT molecular complexity index is 492. The molecule has 1 unspecified atom stereocenters. The molecule has 90 valence electrons. The minimum absolute atomic E-state index is 0.1000. The quantitative estimate of drug-likeness (QED) is 0.939. The Morgan fingerprint density at radius 3 is 3.00 bits per heavy atom. The number of carbonyl (C=O) groups excluding carboxylic acids is 1. The number of hydrogen-bond acceptors (Lipinski definition) is 3. The maximum atomic E-state index is 11.9. The monoisotopic (exact) mass is 313 g/mol. The van der Waals surface area contributed by atoms with Crippen LogP contribution in [0.3, 0.4) is 0 Å². The lowest BCUT2D eigenvalue weighted by molar-refractivity contribution is 0.0938. The van der Waals surface area contributed by atoms with Crippen molar-refractivity contribution in [3.63, 3.8) is 0 Å². The molecular weight excluding hydrogens is 302 g/mol. The summed E-state index contributed by atoms with van der Waals surface area (Å²) in [6.07, 6.45) is 2.34. The molecule has 0 radical (unpaired) electrons. The van der Waals surface area contributed by atoms with Crippen LogP contribution in [0.2, 0.25) is 0 Å². The Balaban J connectivity index is 1.93. The zero-order valence-electron chi connectivity index (χ0n) is 9.27. The topological polar surface area (TPSA) is 42.2 Å². The van der Waals surface area contributed by atoms with Gasteiger partial charge in [-0.1, -0.05) is 6.07 Å². The van der Waals surface area contributed by atoms with Gasteiger partial charge < -0.3 is 9.73 Å². The first kappa shape index (κ1) is 12.4. The number of thiophene rings is 1. The Hall–Kier alpha value is -1.07. The molecule has 0 bridgehead atoms. The molecule has 2 aromatic rings. The number of halogens is 1. The standard InChI is InChI=1S/C12H12BrNO2S/c1-8(7-9-3-2-6-17-9)14-12(15)10-4-5-16-11(10)13/h2-6,8H,7H2,1H3,(H,14,15). The van der Waals surface area contributed by atoms with E-state index in [1.807, 2.05) is 18.4 Å². The molecule has 2 rings (SSSR count). The highest BCUT2D eigenvalue weighted by atomic mass is 79.9. The van der Waals surface area contributed by atoms with Gasteiger partial charge in [-0.2, -0.15) is 0 Å². The van der Waals surface area contributed by atoms with Crippen molar-refractivity contribution in [2.24, 2.45) is 0 Å². The van der Waals surface area contributed by atoms with Crippen LogP contribution in [-0.4, -0.2) is 11.9 Å². The van der Waals surface area contributed by atoms with Crippen LogP contribution in [0.4, 0.5) is 0 Å². The van der Waals surface area contributed by atoms with E-state index in [-0.39, 0.29) is 11.9 Å². The molecule has 3 nitrogen and oxygen atoms in total. The van der Waals surface area contributed by atoms with Crippen molar-refractivity contribution in [1.82, 2.24) is 5.32 Å².